The number of rotatable bonds is 4. The first-order chi connectivity index (χ1) is 7.70. The third-order valence-electron chi connectivity index (χ3n) is 2.19. The fourth-order valence-electron chi connectivity index (χ4n) is 1.38. The lowest BCUT2D eigenvalue weighted by molar-refractivity contribution is -0.133. The van der Waals surface area contributed by atoms with Crippen LogP contribution in [-0.2, 0) is 9.53 Å². The lowest BCUT2D eigenvalue weighted by Crippen LogP contribution is -2.03. The molecule has 0 aliphatic rings. The van der Waals surface area contributed by atoms with E-state index in [0.29, 0.717) is 5.57 Å². The van der Waals surface area contributed by atoms with E-state index in [9.17, 15) is 4.79 Å². The smallest absolute Gasteiger partial charge is 0.339 e. The van der Waals surface area contributed by atoms with Crippen LogP contribution in [0.25, 0.3) is 5.57 Å². The van der Waals surface area contributed by atoms with Crippen molar-refractivity contribution in [3.05, 3.63) is 67.0 Å². The first kappa shape index (κ1) is 12.0. The quantitative estimate of drug-likeness (QED) is 0.332. The van der Waals surface area contributed by atoms with Crippen LogP contribution in [0.15, 0.2) is 61.4 Å². The molecule has 0 saturated heterocycles. The fourth-order valence-corrected chi connectivity index (χ4v) is 1.38. The molecule has 16 heavy (non-hydrogen) atoms. The molecule has 2 nitrogen and oxygen atoms in total. The molecule has 1 aromatic carbocycles. The van der Waals surface area contributed by atoms with Crippen LogP contribution in [0, 0.1) is 0 Å². The zero-order valence-electron chi connectivity index (χ0n) is 9.27. The summed E-state index contributed by atoms with van der Waals surface area (Å²) in [4.78, 5) is 11.5. The molecule has 0 aromatic heterocycles. The zero-order chi connectivity index (χ0) is 12.0. The minimum atomic E-state index is -0.409. The Morgan fingerprint density at radius 2 is 1.88 bits per heavy atom. The van der Waals surface area contributed by atoms with Gasteiger partial charge >= 0.3 is 5.97 Å². The maximum atomic E-state index is 11.5. The van der Waals surface area contributed by atoms with Gasteiger partial charge in [-0.2, -0.15) is 0 Å². The van der Waals surface area contributed by atoms with E-state index in [2.05, 4.69) is 13.2 Å². The van der Waals surface area contributed by atoms with E-state index < -0.39 is 5.97 Å². The summed E-state index contributed by atoms with van der Waals surface area (Å²) in [6, 6.07) is 9.57. The average Bonchev–Trinajstić information content (AvgIpc) is 2.31. The Morgan fingerprint density at radius 1 is 1.25 bits per heavy atom. The number of carbonyl (C=O) groups excluding carboxylic acids is 1. The minimum absolute atomic E-state index is 0.409. The van der Waals surface area contributed by atoms with Gasteiger partial charge < -0.3 is 4.74 Å². The molecule has 0 heterocycles. The molecule has 0 amide bonds. The molecule has 0 spiro atoms. The highest BCUT2D eigenvalue weighted by Crippen LogP contribution is 2.20. The second-order valence-corrected chi connectivity index (χ2v) is 3.18. The molecule has 1 aromatic rings. The number of hydrogen-bond acceptors (Lipinski definition) is 2. The molecule has 2 heteroatoms. The minimum Gasteiger partial charge on any atom is -0.432 e. The van der Waals surface area contributed by atoms with Gasteiger partial charge in [-0.3, -0.25) is 0 Å². The molecule has 0 fully saturated rings. The molecule has 0 aliphatic carbocycles. The van der Waals surface area contributed by atoms with Crippen molar-refractivity contribution in [2.45, 2.75) is 6.92 Å². The lowest BCUT2D eigenvalue weighted by Gasteiger charge is -2.06. The summed E-state index contributed by atoms with van der Waals surface area (Å²) >= 11 is 0. The first-order valence-corrected chi connectivity index (χ1v) is 4.91. The van der Waals surface area contributed by atoms with Crippen LogP contribution >= 0.6 is 0 Å². The van der Waals surface area contributed by atoms with Crippen LogP contribution in [0.4, 0.5) is 0 Å². The van der Waals surface area contributed by atoms with Crippen molar-refractivity contribution >= 4 is 11.5 Å². The summed E-state index contributed by atoms with van der Waals surface area (Å²) < 4.78 is 4.73. The third kappa shape index (κ3) is 2.70. The SMILES string of the molecule is C=COC(=O)C(C)=C(C=C)c1ccccc1. The summed E-state index contributed by atoms with van der Waals surface area (Å²) in [5, 5.41) is 0. The number of carbonyl (C=O) groups is 1. The molecule has 0 radical (unpaired) electrons. The highest BCUT2D eigenvalue weighted by atomic mass is 16.5. The van der Waals surface area contributed by atoms with Gasteiger partial charge in [0, 0.05) is 5.57 Å². The molecule has 0 aliphatic heterocycles. The Bertz CT molecular complexity index is 427. The molecule has 0 saturated carbocycles. The third-order valence-corrected chi connectivity index (χ3v) is 2.19. The number of benzene rings is 1. The summed E-state index contributed by atoms with van der Waals surface area (Å²) in [5.41, 5.74) is 2.23. The number of hydrogen-bond donors (Lipinski definition) is 0. The molecule has 0 unspecified atom stereocenters. The van der Waals surface area contributed by atoms with Gasteiger partial charge in [-0.15, -0.1) is 0 Å². The van der Waals surface area contributed by atoms with Crippen molar-refractivity contribution in [1.29, 1.82) is 0 Å². The van der Waals surface area contributed by atoms with E-state index in [1.807, 2.05) is 30.3 Å². The van der Waals surface area contributed by atoms with Crippen molar-refractivity contribution in [2.75, 3.05) is 0 Å². The second kappa shape index (κ2) is 5.71. The predicted molar refractivity (Wildman–Crippen MR) is 65.5 cm³/mol. The highest BCUT2D eigenvalue weighted by Gasteiger charge is 2.10. The fraction of sp³-hybridized carbons (Fsp3) is 0.0714. The van der Waals surface area contributed by atoms with Crippen molar-refractivity contribution in [3.63, 3.8) is 0 Å². The van der Waals surface area contributed by atoms with Crippen molar-refractivity contribution in [2.24, 2.45) is 0 Å². The molecular formula is C14H14O2. The Labute approximate surface area is 95.6 Å². The van der Waals surface area contributed by atoms with E-state index in [1.165, 1.54) is 0 Å². The van der Waals surface area contributed by atoms with Crippen molar-refractivity contribution in [1.82, 2.24) is 0 Å². The summed E-state index contributed by atoms with van der Waals surface area (Å²) in [6.07, 6.45) is 2.77. The molecule has 1 rings (SSSR count). The van der Waals surface area contributed by atoms with Gasteiger partial charge in [-0.05, 0) is 18.1 Å². The van der Waals surface area contributed by atoms with Crippen LogP contribution in [-0.4, -0.2) is 5.97 Å². The molecular weight excluding hydrogens is 200 g/mol. The number of allylic oxidation sites excluding steroid dienone is 2. The van der Waals surface area contributed by atoms with Gasteiger partial charge in [0.1, 0.15) is 0 Å². The number of ether oxygens (including phenoxy) is 1. The van der Waals surface area contributed by atoms with E-state index >= 15 is 0 Å². The van der Waals surface area contributed by atoms with Crippen LogP contribution < -0.4 is 0 Å². The van der Waals surface area contributed by atoms with E-state index in [0.717, 1.165) is 17.4 Å². The van der Waals surface area contributed by atoms with Crippen LogP contribution in [0.2, 0.25) is 0 Å². The van der Waals surface area contributed by atoms with Crippen molar-refractivity contribution < 1.29 is 9.53 Å². The predicted octanol–water partition coefficient (Wildman–Crippen LogP) is 3.33. The van der Waals surface area contributed by atoms with Gasteiger partial charge in [0.2, 0.25) is 0 Å². The van der Waals surface area contributed by atoms with Crippen LogP contribution in [0.3, 0.4) is 0 Å². The maximum Gasteiger partial charge on any atom is 0.339 e. The average molecular weight is 214 g/mol. The Hall–Kier alpha value is -2.09. The molecule has 0 atom stereocenters. The lowest BCUT2D eigenvalue weighted by atomic mass is 10.0. The van der Waals surface area contributed by atoms with Gasteiger partial charge in [-0.25, -0.2) is 4.79 Å². The Kier molecular flexibility index (Phi) is 4.28. The summed E-state index contributed by atoms with van der Waals surface area (Å²) in [7, 11) is 0. The van der Waals surface area contributed by atoms with E-state index in [-0.39, 0.29) is 0 Å². The first-order valence-electron chi connectivity index (χ1n) is 4.91. The standard InChI is InChI=1S/C14H14O2/c1-4-13(11(3)14(15)16-5-2)12-9-7-6-8-10-12/h4-10H,1-2H2,3H3. The zero-order valence-corrected chi connectivity index (χ0v) is 9.27. The topological polar surface area (TPSA) is 26.3 Å². The summed E-state index contributed by atoms with van der Waals surface area (Å²) in [6.45, 7) is 8.76. The number of esters is 1. The van der Waals surface area contributed by atoms with E-state index in [4.69, 9.17) is 4.74 Å². The molecule has 0 bridgehead atoms. The monoisotopic (exact) mass is 214 g/mol. The second-order valence-electron chi connectivity index (χ2n) is 3.18. The molecule has 82 valence electrons. The van der Waals surface area contributed by atoms with Gasteiger partial charge in [0.15, 0.2) is 0 Å². The van der Waals surface area contributed by atoms with Gasteiger partial charge in [0.05, 0.1) is 6.26 Å². The van der Waals surface area contributed by atoms with E-state index in [1.54, 1.807) is 13.0 Å². The Morgan fingerprint density at radius 3 is 2.38 bits per heavy atom. The highest BCUT2D eigenvalue weighted by molar-refractivity contribution is 5.99. The summed E-state index contributed by atoms with van der Waals surface area (Å²) in [5.74, 6) is -0.409. The Balaban J connectivity index is 3.15. The maximum absolute atomic E-state index is 11.5. The largest absolute Gasteiger partial charge is 0.432 e. The normalized spacial score (nSPS) is 11.3. The van der Waals surface area contributed by atoms with Crippen molar-refractivity contribution in [3.8, 4) is 0 Å². The van der Waals surface area contributed by atoms with Crippen LogP contribution in [0.1, 0.15) is 12.5 Å². The molecule has 0 N–H and O–H groups in total. The van der Waals surface area contributed by atoms with Gasteiger partial charge in [0.25, 0.3) is 0 Å². The van der Waals surface area contributed by atoms with Gasteiger partial charge in [-0.1, -0.05) is 49.6 Å². The van der Waals surface area contributed by atoms with Crippen LogP contribution in [0.5, 0.6) is 0 Å².